The van der Waals surface area contributed by atoms with Gasteiger partial charge in [0.1, 0.15) is 6.04 Å². The molecule has 0 radical (unpaired) electrons. The maximum atomic E-state index is 10.2. The molecule has 1 rings (SSSR count). The van der Waals surface area contributed by atoms with E-state index < -0.39 is 18.0 Å². The lowest BCUT2D eigenvalue weighted by molar-refractivity contribution is -0.143. The Kier molecular flexibility index (Phi) is 5.99. The summed E-state index contributed by atoms with van der Waals surface area (Å²) in [5.41, 5.74) is 7.25. The minimum Gasteiger partial charge on any atom is -0.481 e. The second-order valence-corrected chi connectivity index (χ2v) is 2.67. The van der Waals surface area contributed by atoms with Gasteiger partial charge in [0.2, 0.25) is 0 Å². The largest absolute Gasteiger partial charge is 0.481 e. The summed E-state index contributed by atoms with van der Waals surface area (Å²) in [5, 5.41) is 15.8. The fraction of sp³-hybridized carbons (Fsp3) is 0.571. The van der Waals surface area contributed by atoms with Crippen LogP contribution in [0, 0.1) is 0 Å². The predicted octanol–water partition coefficient (Wildman–Crippen LogP) is -1.69. The average Bonchev–Trinajstić information content (AvgIpc) is 2.49. The van der Waals surface area contributed by atoms with Gasteiger partial charge in [-0.1, -0.05) is 0 Å². The molecule has 0 spiro atoms. The van der Waals surface area contributed by atoms with Gasteiger partial charge in [-0.15, -0.1) is 0 Å². The smallest absolute Gasteiger partial charge is 0.303 e. The Morgan fingerprint density at radius 2 is 1.87 bits per heavy atom. The molecule has 0 unspecified atom stereocenters. The zero-order chi connectivity index (χ0) is 11.8. The highest BCUT2D eigenvalue weighted by Crippen LogP contribution is 1.87. The third-order valence-corrected chi connectivity index (χ3v) is 1.33. The summed E-state index contributed by atoms with van der Waals surface area (Å²) in [4.78, 5) is 33.9. The molecule has 86 valence electrons. The molecule has 0 aromatic rings. The van der Waals surface area contributed by atoms with Crippen molar-refractivity contribution in [3.8, 4) is 0 Å². The first-order chi connectivity index (χ1) is 6.93. The van der Waals surface area contributed by atoms with Gasteiger partial charge in [0.15, 0.2) is 0 Å². The first kappa shape index (κ1) is 13.3. The highest BCUT2D eigenvalue weighted by atomic mass is 16.7. The van der Waals surface area contributed by atoms with Crippen molar-refractivity contribution >= 4 is 17.8 Å². The summed E-state index contributed by atoms with van der Waals surface area (Å²) < 4.78 is 0. The van der Waals surface area contributed by atoms with Crippen LogP contribution in [0.1, 0.15) is 12.8 Å². The Hall–Kier alpha value is -1.67. The monoisotopic (exact) mass is 220 g/mol. The number of carbonyl (C=O) groups excluding carboxylic acids is 1. The van der Waals surface area contributed by atoms with E-state index >= 15 is 0 Å². The van der Waals surface area contributed by atoms with Crippen molar-refractivity contribution in [3.63, 3.8) is 0 Å². The number of carbonyl (C=O) groups is 3. The van der Waals surface area contributed by atoms with Crippen molar-refractivity contribution in [3.05, 3.63) is 0 Å². The number of hydrogen-bond acceptors (Lipinski definition) is 5. The lowest BCUT2D eigenvalue weighted by Crippen LogP contribution is -2.31. The molecule has 1 heterocycles. The average molecular weight is 220 g/mol. The number of nitrogens with two attached hydrogens (primary N) is 1. The van der Waals surface area contributed by atoms with E-state index in [0.29, 0.717) is 6.61 Å². The second kappa shape index (κ2) is 6.74. The van der Waals surface area contributed by atoms with Crippen molar-refractivity contribution in [2.24, 2.45) is 5.73 Å². The second-order valence-electron chi connectivity index (χ2n) is 2.67. The molecular formula is C7H12N2O6. The van der Waals surface area contributed by atoms with Crippen molar-refractivity contribution in [1.82, 2.24) is 5.48 Å². The summed E-state index contributed by atoms with van der Waals surface area (Å²) in [7, 11) is 0. The summed E-state index contributed by atoms with van der Waals surface area (Å²) in [6.45, 7) is 0.291. The van der Waals surface area contributed by atoms with E-state index in [4.69, 9.17) is 15.9 Å². The van der Waals surface area contributed by atoms with Crippen LogP contribution in [0.3, 0.4) is 0 Å². The number of aliphatic carboxylic acids is 2. The van der Waals surface area contributed by atoms with Crippen LogP contribution in [0.4, 0.5) is 0 Å². The van der Waals surface area contributed by atoms with Crippen LogP contribution in [0.15, 0.2) is 0 Å². The van der Waals surface area contributed by atoms with Crippen molar-refractivity contribution in [2.75, 3.05) is 6.61 Å². The molecule has 0 aliphatic carbocycles. The molecule has 1 saturated heterocycles. The van der Waals surface area contributed by atoms with Crippen molar-refractivity contribution in [2.45, 2.75) is 18.9 Å². The number of hydroxylamine groups is 1. The molecule has 1 aliphatic rings. The molecule has 1 fully saturated rings. The zero-order valence-electron chi connectivity index (χ0n) is 7.80. The van der Waals surface area contributed by atoms with Gasteiger partial charge in [-0.25, -0.2) is 5.48 Å². The quantitative estimate of drug-likeness (QED) is 0.445. The van der Waals surface area contributed by atoms with Gasteiger partial charge in [0, 0.05) is 0 Å². The minimum absolute atomic E-state index is 0.236. The summed E-state index contributed by atoms with van der Waals surface area (Å²) in [6, 6.07) is -0.458. The molecule has 1 amide bonds. The predicted molar refractivity (Wildman–Crippen MR) is 46.6 cm³/mol. The van der Waals surface area contributed by atoms with Gasteiger partial charge in [0.25, 0.3) is 5.91 Å². The fourth-order valence-electron chi connectivity index (χ4n) is 0.568. The maximum Gasteiger partial charge on any atom is 0.303 e. The van der Waals surface area contributed by atoms with E-state index in [9.17, 15) is 14.4 Å². The summed E-state index contributed by atoms with van der Waals surface area (Å²) in [6.07, 6.45) is -0.593. The van der Waals surface area contributed by atoms with E-state index in [1.807, 2.05) is 0 Å². The Morgan fingerprint density at radius 1 is 1.40 bits per heavy atom. The van der Waals surface area contributed by atoms with Crippen molar-refractivity contribution in [1.29, 1.82) is 0 Å². The lowest BCUT2D eigenvalue weighted by atomic mass is 10.3. The fourth-order valence-corrected chi connectivity index (χ4v) is 0.568. The van der Waals surface area contributed by atoms with Gasteiger partial charge in [-0.3, -0.25) is 19.2 Å². The third-order valence-electron chi connectivity index (χ3n) is 1.33. The molecule has 0 bridgehead atoms. The Labute approximate surface area is 85.0 Å². The molecule has 8 heteroatoms. The van der Waals surface area contributed by atoms with Gasteiger partial charge in [0.05, 0.1) is 19.4 Å². The van der Waals surface area contributed by atoms with E-state index in [2.05, 4.69) is 10.3 Å². The molecule has 15 heavy (non-hydrogen) atoms. The Morgan fingerprint density at radius 3 is 2.00 bits per heavy atom. The Balaban J connectivity index is 0.000000262. The molecule has 0 saturated carbocycles. The van der Waals surface area contributed by atoms with E-state index in [0.717, 1.165) is 0 Å². The maximum absolute atomic E-state index is 10.2. The van der Waals surface area contributed by atoms with Crippen LogP contribution < -0.4 is 11.2 Å². The standard InChI is InChI=1S/C4H6O4.C3H6N2O2/c5-3(6)1-2-4(7)8;4-2-1-7-5-3(2)6/h1-2H2,(H,5,6)(H,7,8);2H,1,4H2,(H,5,6)/t;2-/m.1/s1. The van der Waals surface area contributed by atoms with Crippen LogP contribution in [-0.2, 0) is 19.2 Å². The molecule has 5 N–H and O–H groups in total. The molecule has 0 aromatic carbocycles. The number of amides is 1. The molecule has 8 nitrogen and oxygen atoms in total. The van der Waals surface area contributed by atoms with Gasteiger partial charge < -0.3 is 15.9 Å². The first-order valence-corrected chi connectivity index (χ1v) is 4.04. The number of carboxylic acids is 2. The first-order valence-electron chi connectivity index (χ1n) is 4.04. The van der Waals surface area contributed by atoms with Gasteiger partial charge in [-0.2, -0.15) is 0 Å². The zero-order valence-corrected chi connectivity index (χ0v) is 7.80. The van der Waals surface area contributed by atoms with E-state index in [1.54, 1.807) is 0 Å². The Bertz CT molecular complexity index is 240. The van der Waals surface area contributed by atoms with Crippen molar-refractivity contribution < 1.29 is 29.4 Å². The van der Waals surface area contributed by atoms with Crippen LogP contribution in [-0.4, -0.2) is 40.7 Å². The van der Waals surface area contributed by atoms with Gasteiger partial charge >= 0.3 is 11.9 Å². The number of rotatable bonds is 3. The topological polar surface area (TPSA) is 139 Å². The number of nitrogens with one attached hydrogen (secondary N) is 1. The van der Waals surface area contributed by atoms with Crippen LogP contribution >= 0.6 is 0 Å². The normalized spacial score (nSPS) is 18.7. The van der Waals surface area contributed by atoms with Crippen LogP contribution in [0.25, 0.3) is 0 Å². The summed E-state index contributed by atoms with van der Waals surface area (Å²) >= 11 is 0. The SMILES string of the molecule is N[C@@H]1CONC1=O.O=C(O)CCC(=O)O. The molecular weight excluding hydrogens is 208 g/mol. The number of hydrogen-bond donors (Lipinski definition) is 4. The van der Waals surface area contributed by atoms with E-state index in [1.165, 1.54) is 0 Å². The lowest BCUT2D eigenvalue weighted by Gasteiger charge is -1.87. The van der Waals surface area contributed by atoms with E-state index in [-0.39, 0.29) is 18.7 Å². The summed E-state index contributed by atoms with van der Waals surface area (Å²) in [5.74, 6) is -2.39. The highest BCUT2D eigenvalue weighted by molar-refractivity contribution is 5.81. The molecule has 0 aromatic heterocycles. The molecule has 1 atom stereocenters. The third kappa shape index (κ3) is 7.40. The molecule has 1 aliphatic heterocycles. The highest BCUT2D eigenvalue weighted by Gasteiger charge is 2.19. The van der Waals surface area contributed by atoms with Gasteiger partial charge in [-0.05, 0) is 0 Å². The van der Waals surface area contributed by atoms with Crippen LogP contribution in [0.2, 0.25) is 0 Å². The van der Waals surface area contributed by atoms with Crippen LogP contribution in [0.5, 0.6) is 0 Å². The number of carboxylic acid groups (broad SMARTS) is 2. The minimum atomic E-state index is -1.08.